The van der Waals surface area contributed by atoms with Gasteiger partial charge in [-0.05, 0) is 35.9 Å². The lowest BCUT2D eigenvalue weighted by Gasteiger charge is -2.26. The summed E-state index contributed by atoms with van der Waals surface area (Å²) in [4.78, 5) is 11.9. The highest BCUT2D eigenvalue weighted by Gasteiger charge is 2.30. The second-order valence-electron chi connectivity index (χ2n) is 6.84. The lowest BCUT2D eigenvalue weighted by atomic mass is 10.2. The van der Waals surface area contributed by atoms with Gasteiger partial charge >= 0.3 is 5.97 Å². The molecule has 0 atom stereocenters. The third-order valence-corrected chi connectivity index (χ3v) is 6.98. The lowest BCUT2D eigenvalue weighted by Crippen LogP contribution is -2.41. The van der Waals surface area contributed by atoms with Gasteiger partial charge in [0.25, 0.3) is 0 Å². The first-order valence-corrected chi connectivity index (χ1v) is 11.3. The van der Waals surface area contributed by atoms with E-state index in [1.165, 1.54) is 6.07 Å². The van der Waals surface area contributed by atoms with Crippen LogP contribution in [0.15, 0.2) is 35.2 Å². The fourth-order valence-electron chi connectivity index (χ4n) is 3.23. The Morgan fingerprint density at radius 3 is 2.61 bits per heavy atom. The predicted octanol–water partition coefficient (Wildman–Crippen LogP) is 2.63. The quantitative estimate of drug-likeness (QED) is 0.619. The first-order chi connectivity index (χ1) is 14.9. The van der Waals surface area contributed by atoms with Crippen molar-refractivity contribution in [2.45, 2.75) is 11.5 Å². The Bertz CT molecular complexity index is 1100. The zero-order valence-corrected chi connectivity index (χ0v) is 17.9. The lowest BCUT2D eigenvalue weighted by molar-refractivity contribution is 0.0471. The number of nitrogens with zero attached hydrogens (tertiary/aromatic N) is 1. The Kier molecular flexibility index (Phi) is 6.33. The van der Waals surface area contributed by atoms with E-state index in [1.807, 2.05) is 0 Å². The van der Waals surface area contributed by atoms with E-state index in [9.17, 15) is 17.6 Å². The number of sulfonamides is 1. The summed E-state index contributed by atoms with van der Waals surface area (Å²) in [6.07, 6.45) is 0. The minimum absolute atomic E-state index is 0.0862. The fourth-order valence-corrected chi connectivity index (χ4v) is 5.02. The molecule has 4 rings (SSSR count). The molecular formula is C20H19ClFNO7S. The molecule has 31 heavy (non-hydrogen) atoms. The van der Waals surface area contributed by atoms with Gasteiger partial charge in [0.05, 0.1) is 23.8 Å². The number of carbonyl (C=O) groups excluding carboxylic acids is 1. The summed E-state index contributed by atoms with van der Waals surface area (Å²) in [5, 5.41) is 0.323. The maximum Gasteiger partial charge on any atom is 0.338 e. The van der Waals surface area contributed by atoms with Crippen molar-refractivity contribution in [1.82, 2.24) is 4.31 Å². The van der Waals surface area contributed by atoms with Crippen LogP contribution < -0.4 is 9.47 Å². The maximum absolute atomic E-state index is 14.3. The molecule has 166 valence electrons. The van der Waals surface area contributed by atoms with E-state index in [-0.39, 0.29) is 38.5 Å². The van der Waals surface area contributed by atoms with E-state index in [1.54, 1.807) is 12.1 Å². The van der Waals surface area contributed by atoms with Crippen LogP contribution in [-0.4, -0.2) is 58.2 Å². The molecule has 8 nitrogen and oxygen atoms in total. The number of morpholine rings is 1. The molecule has 0 radical (unpaired) electrons. The van der Waals surface area contributed by atoms with Crippen molar-refractivity contribution >= 4 is 27.6 Å². The van der Waals surface area contributed by atoms with Gasteiger partial charge in [-0.15, -0.1) is 0 Å². The normalized spacial score (nSPS) is 16.7. The second-order valence-corrected chi connectivity index (χ2v) is 9.15. The summed E-state index contributed by atoms with van der Waals surface area (Å²) in [6, 6.07) is 6.32. The molecule has 0 unspecified atom stereocenters. The average molecular weight is 472 g/mol. The molecular weight excluding hydrogens is 453 g/mol. The van der Waals surface area contributed by atoms with Crippen LogP contribution in [0.5, 0.6) is 11.5 Å². The SMILES string of the molecule is O=C(OCc1cc(Cl)c2c(c1)OCCO2)c1ccc(F)c(S(=O)(=O)N2CCOCC2)c1. The average Bonchev–Trinajstić information content (AvgIpc) is 2.78. The van der Waals surface area contributed by atoms with E-state index >= 15 is 0 Å². The molecule has 0 aliphatic carbocycles. The van der Waals surface area contributed by atoms with Gasteiger partial charge in [0.1, 0.15) is 30.5 Å². The molecule has 0 saturated carbocycles. The maximum atomic E-state index is 14.3. The van der Waals surface area contributed by atoms with Crippen LogP contribution in [-0.2, 0) is 26.1 Å². The molecule has 11 heteroatoms. The van der Waals surface area contributed by atoms with Crippen LogP contribution in [0.1, 0.15) is 15.9 Å². The highest BCUT2D eigenvalue weighted by molar-refractivity contribution is 7.89. The van der Waals surface area contributed by atoms with E-state index in [2.05, 4.69) is 0 Å². The standard InChI is InChI=1S/C20H19ClFNO7S/c21-15-9-13(10-17-19(15)29-8-7-28-17)12-30-20(24)14-1-2-16(22)18(11-14)31(25,26)23-3-5-27-6-4-23/h1-2,9-11H,3-8,12H2. The minimum atomic E-state index is -4.11. The van der Waals surface area contributed by atoms with Crippen LogP contribution in [0, 0.1) is 5.82 Å². The van der Waals surface area contributed by atoms with Gasteiger partial charge in [-0.25, -0.2) is 17.6 Å². The summed E-state index contributed by atoms with van der Waals surface area (Å²) in [7, 11) is -4.11. The third kappa shape index (κ3) is 4.62. The van der Waals surface area contributed by atoms with Crippen molar-refractivity contribution in [3.05, 3.63) is 52.3 Å². The van der Waals surface area contributed by atoms with E-state index in [4.69, 9.17) is 30.5 Å². The van der Waals surface area contributed by atoms with Gasteiger partial charge in [-0.2, -0.15) is 4.31 Å². The van der Waals surface area contributed by atoms with E-state index in [0.717, 1.165) is 16.4 Å². The number of hydrogen-bond donors (Lipinski definition) is 0. The van der Waals surface area contributed by atoms with Gasteiger partial charge in [0.2, 0.25) is 10.0 Å². The van der Waals surface area contributed by atoms with Crippen LogP contribution >= 0.6 is 11.6 Å². The molecule has 0 bridgehead atoms. The molecule has 1 fully saturated rings. The van der Waals surface area contributed by atoms with Crippen molar-refractivity contribution < 1.29 is 36.6 Å². The van der Waals surface area contributed by atoms with Crippen molar-refractivity contribution in [2.75, 3.05) is 39.5 Å². The molecule has 0 N–H and O–H groups in total. The van der Waals surface area contributed by atoms with Crippen LogP contribution in [0.4, 0.5) is 4.39 Å². The number of ether oxygens (including phenoxy) is 4. The Balaban J connectivity index is 1.51. The van der Waals surface area contributed by atoms with E-state index < -0.39 is 26.7 Å². The van der Waals surface area contributed by atoms with Crippen LogP contribution in [0.25, 0.3) is 0 Å². The van der Waals surface area contributed by atoms with Crippen molar-refractivity contribution in [1.29, 1.82) is 0 Å². The van der Waals surface area contributed by atoms with Gasteiger partial charge in [-0.1, -0.05) is 11.6 Å². The van der Waals surface area contributed by atoms with E-state index in [0.29, 0.717) is 35.3 Å². The summed E-state index contributed by atoms with van der Waals surface area (Å²) < 4.78 is 62.3. The van der Waals surface area contributed by atoms with Crippen LogP contribution in [0.2, 0.25) is 5.02 Å². The summed E-state index contributed by atoms with van der Waals surface area (Å²) in [5.74, 6) is -0.865. The zero-order chi connectivity index (χ0) is 22.0. The number of fused-ring (bicyclic) bond motifs is 1. The molecule has 0 spiro atoms. The molecule has 2 aliphatic heterocycles. The second kappa shape index (κ2) is 8.99. The largest absolute Gasteiger partial charge is 0.486 e. The Hall–Kier alpha value is -2.40. The fraction of sp³-hybridized carbons (Fsp3) is 0.350. The smallest absolute Gasteiger partial charge is 0.338 e. The Morgan fingerprint density at radius 2 is 1.84 bits per heavy atom. The number of benzene rings is 2. The molecule has 2 aromatic rings. The molecule has 2 aliphatic rings. The number of carbonyl (C=O) groups is 1. The predicted molar refractivity (Wildman–Crippen MR) is 108 cm³/mol. The Morgan fingerprint density at radius 1 is 1.10 bits per heavy atom. The summed E-state index contributed by atoms with van der Waals surface area (Å²) in [5.41, 5.74) is 0.475. The first kappa shape index (κ1) is 21.8. The topological polar surface area (TPSA) is 91.4 Å². The van der Waals surface area contributed by atoms with Gasteiger partial charge in [0.15, 0.2) is 11.5 Å². The number of rotatable bonds is 5. The van der Waals surface area contributed by atoms with Gasteiger partial charge in [0, 0.05) is 13.1 Å². The summed E-state index contributed by atoms with van der Waals surface area (Å²) >= 11 is 6.17. The highest BCUT2D eigenvalue weighted by Crippen LogP contribution is 2.38. The van der Waals surface area contributed by atoms with Gasteiger partial charge < -0.3 is 18.9 Å². The first-order valence-electron chi connectivity index (χ1n) is 9.49. The molecule has 1 saturated heterocycles. The monoisotopic (exact) mass is 471 g/mol. The van der Waals surface area contributed by atoms with Gasteiger partial charge in [-0.3, -0.25) is 0 Å². The molecule has 2 aromatic carbocycles. The molecule has 2 heterocycles. The summed E-state index contributed by atoms with van der Waals surface area (Å²) in [6.45, 7) is 1.30. The number of hydrogen-bond acceptors (Lipinski definition) is 7. The highest BCUT2D eigenvalue weighted by atomic mass is 35.5. The van der Waals surface area contributed by atoms with Crippen LogP contribution in [0.3, 0.4) is 0 Å². The van der Waals surface area contributed by atoms with Crippen molar-refractivity contribution in [3.63, 3.8) is 0 Å². The third-order valence-electron chi connectivity index (χ3n) is 4.78. The number of esters is 1. The van der Waals surface area contributed by atoms with Crippen molar-refractivity contribution in [3.8, 4) is 11.5 Å². The Labute approximate surface area is 183 Å². The molecule has 0 aromatic heterocycles. The zero-order valence-electron chi connectivity index (χ0n) is 16.3. The number of halogens is 2. The molecule has 0 amide bonds. The van der Waals surface area contributed by atoms with Crippen molar-refractivity contribution in [2.24, 2.45) is 0 Å². The minimum Gasteiger partial charge on any atom is -0.486 e.